The Hall–Kier alpha value is -1.87. The number of hydrogen-bond donors (Lipinski definition) is 2. The van der Waals surface area contributed by atoms with Crippen LogP contribution in [0, 0.1) is 18.8 Å². The number of aryl methyl sites for hydroxylation is 1. The molecule has 1 amide bonds. The summed E-state index contributed by atoms with van der Waals surface area (Å²) in [4.78, 5) is 13.9. The standard InChI is InChI=1S/C16H21NO4/c1-12-6-7-15(13(9-12)5-4-8-18)16(20)17(2)10-14(19)11-21-3/h6-7,9,14,18-19H,8,10-11H2,1-3H3. The summed E-state index contributed by atoms with van der Waals surface area (Å²) in [5.41, 5.74) is 2.01. The lowest BCUT2D eigenvalue weighted by Gasteiger charge is -2.21. The topological polar surface area (TPSA) is 70.0 Å². The number of benzene rings is 1. The van der Waals surface area contributed by atoms with Gasteiger partial charge in [-0.1, -0.05) is 17.9 Å². The molecule has 1 aromatic rings. The number of aliphatic hydroxyl groups is 2. The molecule has 0 aliphatic rings. The average Bonchev–Trinajstić information content (AvgIpc) is 2.44. The molecule has 1 atom stereocenters. The van der Waals surface area contributed by atoms with Gasteiger partial charge in [0, 0.05) is 26.3 Å². The summed E-state index contributed by atoms with van der Waals surface area (Å²) in [6, 6.07) is 5.34. The van der Waals surface area contributed by atoms with E-state index in [1.54, 1.807) is 19.2 Å². The van der Waals surface area contributed by atoms with E-state index in [-0.39, 0.29) is 25.7 Å². The van der Waals surface area contributed by atoms with Crippen LogP contribution in [0.15, 0.2) is 18.2 Å². The maximum atomic E-state index is 12.4. The van der Waals surface area contributed by atoms with Crippen molar-refractivity contribution in [2.24, 2.45) is 0 Å². The number of ether oxygens (including phenoxy) is 1. The van der Waals surface area contributed by atoms with Gasteiger partial charge in [-0.3, -0.25) is 4.79 Å². The van der Waals surface area contributed by atoms with Gasteiger partial charge in [0.05, 0.1) is 18.3 Å². The number of amides is 1. The fourth-order valence-corrected chi connectivity index (χ4v) is 1.93. The molecule has 0 saturated heterocycles. The predicted molar refractivity (Wildman–Crippen MR) is 80.0 cm³/mol. The summed E-state index contributed by atoms with van der Waals surface area (Å²) in [6.07, 6.45) is -0.735. The number of methoxy groups -OCH3 is 1. The number of rotatable bonds is 5. The highest BCUT2D eigenvalue weighted by Crippen LogP contribution is 2.13. The third-order valence-electron chi connectivity index (χ3n) is 2.90. The second-order valence-electron chi connectivity index (χ2n) is 4.80. The van der Waals surface area contributed by atoms with E-state index in [1.807, 2.05) is 13.0 Å². The van der Waals surface area contributed by atoms with E-state index in [2.05, 4.69) is 11.8 Å². The van der Waals surface area contributed by atoms with Crippen LogP contribution in [-0.4, -0.2) is 61.0 Å². The molecule has 5 nitrogen and oxygen atoms in total. The Balaban J connectivity index is 2.95. The minimum atomic E-state index is -0.735. The van der Waals surface area contributed by atoms with Crippen molar-refractivity contribution in [2.75, 3.05) is 33.9 Å². The van der Waals surface area contributed by atoms with Crippen LogP contribution in [0.25, 0.3) is 0 Å². The first-order valence-electron chi connectivity index (χ1n) is 6.62. The molecule has 1 unspecified atom stereocenters. The van der Waals surface area contributed by atoms with Gasteiger partial charge < -0.3 is 19.8 Å². The molecule has 21 heavy (non-hydrogen) atoms. The van der Waals surface area contributed by atoms with Crippen LogP contribution >= 0.6 is 0 Å². The fraction of sp³-hybridized carbons (Fsp3) is 0.438. The highest BCUT2D eigenvalue weighted by atomic mass is 16.5. The SMILES string of the molecule is COCC(O)CN(C)C(=O)c1ccc(C)cc1C#CCO. The van der Waals surface area contributed by atoms with Crippen LogP contribution in [-0.2, 0) is 4.74 Å². The lowest BCUT2D eigenvalue weighted by molar-refractivity contribution is 0.0380. The third kappa shape index (κ3) is 5.20. The smallest absolute Gasteiger partial charge is 0.254 e. The molecule has 0 bridgehead atoms. The zero-order chi connectivity index (χ0) is 15.8. The summed E-state index contributed by atoms with van der Waals surface area (Å²) in [5, 5.41) is 18.5. The summed E-state index contributed by atoms with van der Waals surface area (Å²) >= 11 is 0. The van der Waals surface area contributed by atoms with Crippen molar-refractivity contribution >= 4 is 5.91 Å². The number of carbonyl (C=O) groups excluding carboxylic acids is 1. The number of aliphatic hydroxyl groups excluding tert-OH is 2. The van der Waals surface area contributed by atoms with Gasteiger partial charge >= 0.3 is 0 Å². The van der Waals surface area contributed by atoms with Crippen LogP contribution in [0.4, 0.5) is 0 Å². The molecule has 0 fully saturated rings. The Morgan fingerprint density at radius 3 is 2.81 bits per heavy atom. The van der Waals surface area contributed by atoms with Crippen LogP contribution in [0.1, 0.15) is 21.5 Å². The van der Waals surface area contributed by atoms with Gasteiger partial charge in [0.25, 0.3) is 5.91 Å². The van der Waals surface area contributed by atoms with Crippen LogP contribution in [0.5, 0.6) is 0 Å². The fourth-order valence-electron chi connectivity index (χ4n) is 1.93. The van der Waals surface area contributed by atoms with Crippen molar-refractivity contribution in [1.29, 1.82) is 0 Å². The van der Waals surface area contributed by atoms with Crippen molar-refractivity contribution in [3.8, 4) is 11.8 Å². The molecular formula is C16H21NO4. The molecule has 0 spiro atoms. The third-order valence-corrected chi connectivity index (χ3v) is 2.90. The molecule has 2 N–H and O–H groups in total. The van der Waals surface area contributed by atoms with Gasteiger partial charge in [-0.25, -0.2) is 0 Å². The normalized spacial score (nSPS) is 11.5. The predicted octanol–water partition coefficient (Wildman–Crippen LogP) is 0.418. The molecular weight excluding hydrogens is 270 g/mol. The molecule has 0 aromatic heterocycles. The summed E-state index contributed by atoms with van der Waals surface area (Å²) < 4.78 is 4.84. The minimum Gasteiger partial charge on any atom is -0.389 e. The zero-order valence-corrected chi connectivity index (χ0v) is 12.6. The van der Waals surface area contributed by atoms with Crippen LogP contribution in [0.3, 0.4) is 0 Å². The molecule has 0 heterocycles. The number of nitrogens with zero attached hydrogens (tertiary/aromatic N) is 1. The van der Waals surface area contributed by atoms with E-state index < -0.39 is 6.10 Å². The van der Waals surface area contributed by atoms with Crippen LogP contribution < -0.4 is 0 Å². The lowest BCUT2D eigenvalue weighted by Crippen LogP contribution is -2.36. The number of carbonyl (C=O) groups is 1. The summed E-state index contributed by atoms with van der Waals surface area (Å²) in [5.74, 6) is 5.11. The van der Waals surface area contributed by atoms with Crippen molar-refractivity contribution in [1.82, 2.24) is 4.90 Å². The van der Waals surface area contributed by atoms with Crippen molar-refractivity contribution in [3.63, 3.8) is 0 Å². The Bertz CT molecular complexity index is 545. The first-order valence-corrected chi connectivity index (χ1v) is 6.62. The molecule has 0 aliphatic heterocycles. The minimum absolute atomic E-state index is 0.169. The maximum Gasteiger partial charge on any atom is 0.254 e. The summed E-state index contributed by atoms with van der Waals surface area (Å²) in [7, 11) is 3.11. The van der Waals surface area contributed by atoms with Gasteiger partial charge in [0.15, 0.2) is 0 Å². The van der Waals surface area contributed by atoms with E-state index in [9.17, 15) is 9.90 Å². The van der Waals surface area contributed by atoms with E-state index in [0.717, 1.165) is 5.56 Å². The van der Waals surface area contributed by atoms with E-state index >= 15 is 0 Å². The van der Waals surface area contributed by atoms with Gasteiger partial charge in [-0.15, -0.1) is 0 Å². The van der Waals surface area contributed by atoms with E-state index in [0.29, 0.717) is 11.1 Å². The van der Waals surface area contributed by atoms with E-state index in [1.165, 1.54) is 12.0 Å². The quantitative estimate of drug-likeness (QED) is 0.771. The molecule has 0 aliphatic carbocycles. The van der Waals surface area contributed by atoms with Gasteiger partial charge in [0.2, 0.25) is 0 Å². The monoisotopic (exact) mass is 291 g/mol. The molecule has 0 saturated carbocycles. The van der Waals surface area contributed by atoms with Crippen molar-refractivity contribution in [2.45, 2.75) is 13.0 Å². The van der Waals surface area contributed by atoms with E-state index in [4.69, 9.17) is 9.84 Å². The van der Waals surface area contributed by atoms with Gasteiger partial charge in [-0.2, -0.15) is 0 Å². The lowest BCUT2D eigenvalue weighted by atomic mass is 10.0. The van der Waals surface area contributed by atoms with Gasteiger partial charge in [-0.05, 0) is 24.6 Å². The Kier molecular flexibility index (Phi) is 6.89. The highest BCUT2D eigenvalue weighted by Gasteiger charge is 2.17. The first-order chi connectivity index (χ1) is 9.99. The largest absolute Gasteiger partial charge is 0.389 e. The zero-order valence-electron chi connectivity index (χ0n) is 12.6. The van der Waals surface area contributed by atoms with Gasteiger partial charge in [0.1, 0.15) is 6.61 Å². The second-order valence-corrected chi connectivity index (χ2v) is 4.80. The highest BCUT2D eigenvalue weighted by molar-refractivity contribution is 5.96. The molecule has 1 aromatic carbocycles. The van der Waals surface area contributed by atoms with Crippen LogP contribution in [0.2, 0.25) is 0 Å². The molecule has 0 radical (unpaired) electrons. The Morgan fingerprint density at radius 1 is 1.48 bits per heavy atom. The molecule has 5 heteroatoms. The Labute approximate surface area is 125 Å². The second kappa shape index (κ2) is 8.42. The molecule has 1 rings (SSSR count). The molecule has 114 valence electrons. The maximum absolute atomic E-state index is 12.4. The van der Waals surface area contributed by atoms with Crippen molar-refractivity contribution in [3.05, 3.63) is 34.9 Å². The number of likely N-dealkylation sites (N-methyl/N-ethyl adjacent to an activating group) is 1. The summed E-state index contributed by atoms with van der Waals surface area (Å²) in [6.45, 7) is 1.99. The van der Waals surface area contributed by atoms with Crippen molar-refractivity contribution < 1.29 is 19.7 Å². The average molecular weight is 291 g/mol. The Morgan fingerprint density at radius 2 is 2.19 bits per heavy atom. The number of hydrogen-bond acceptors (Lipinski definition) is 4. The first kappa shape index (κ1) is 17.2.